The van der Waals surface area contributed by atoms with Gasteiger partial charge in [-0.3, -0.25) is 4.72 Å². The average Bonchev–Trinajstić information content (AvgIpc) is 2.40. The first-order chi connectivity index (χ1) is 9.31. The Morgan fingerprint density at radius 2 is 1.65 bits per heavy atom. The summed E-state index contributed by atoms with van der Waals surface area (Å²) in [5.41, 5.74) is 2.14. The number of sulfonamides is 1. The largest absolute Gasteiger partial charge is 0.278 e. The molecule has 0 saturated heterocycles. The van der Waals surface area contributed by atoms with Gasteiger partial charge in [0.15, 0.2) is 0 Å². The molecule has 0 aliphatic rings. The minimum Gasteiger partial charge on any atom is -0.278 e. The second kappa shape index (κ2) is 5.76. The smallest absolute Gasteiger partial charge is 0.261 e. The summed E-state index contributed by atoms with van der Waals surface area (Å²) in [5, 5.41) is 0.509. The van der Waals surface area contributed by atoms with E-state index in [4.69, 9.17) is 11.6 Å². The Morgan fingerprint density at radius 1 is 1.05 bits per heavy atom. The van der Waals surface area contributed by atoms with Gasteiger partial charge in [-0.25, -0.2) is 8.42 Å². The van der Waals surface area contributed by atoms with Crippen LogP contribution in [-0.4, -0.2) is 8.42 Å². The van der Waals surface area contributed by atoms with E-state index in [1.54, 1.807) is 43.3 Å². The number of hydrogen-bond donors (Lipinski definition) is 1. The fraction of sp³-hybridized carbons (Fsp3) is 0.143. The number of rotatable bonds is 3. The molecular formula is C14H13BrClNO2S. The molecule has 0 radical (unpaired) electrons. The highest BCUT2D eigenvalue weighted by Gasteiger charge is 2.17. The lowest BCUT2D eigenvalue weighted by atomic mass is 10.2. The first kappa shape index (κ1) is 15.4. The van der Waals surface area contributed by atoms with Crippen LogP contribution in [0.25, 0.3) is 0 Å². The van der Waals surface area contributed by atoms with E-state index in [9.17, 15) is 8.42 Å². The third-order valence-corrected chi connectivity index (χ3v) is 5.35. The molecular weight excluding hydrogens is 362 g/mol. The summed E-state index contributed by atoms with van der Waals surface area (Å²) in [6.45, 7) is 3.67. The van der Waals surface area contributed by atoms with Crippen LogP contribution in [0.5, 0.6) is 0 Å². The molecule has 2 aromatic carbocycles. The Morgan fingerprint density at radius 3 is 2.25 bits per heavy atom. The Labute approximate surface area is 132 Å². The molecule has 0 fully saturated rings. The van der Waals surface area contributed by atoms with Crippen molar-refractivity contribution < 1.29 is 8.42 Å². The zero-order chi connectivity index (χ0) is 14.9. The number of hydrogen-bond acceptors (Lipinski definition) is 2. The summed E-state index contributed by atoms with van der Waals surface area (Å²) in [6, 6.07) is 10.1. The normalized spacial score (nSPS) is 11.4. The van der Waals surface area contributed by atoms with Crippen LogP contribution in [0, 0.1) is 13.8 Å². The van der Waals surface area contributed by atoms with Gasteiger partial charge in [0.25, 0.3) is 10.0 Å². The lowest BCUT2D eigenvalue weighted by Crippen LogP contribution is -2.14. The topological polar surface area (TPSA) is 46.2 Å². The predicted octanol–water partition coefficient (Wildman–Crippen LogP) is 4.52. The Bertz CT molecular complexity index is 743. The molecule has 20 heavy (non-hydrogen) atoms. The summed E-state index contributed by atoms with van der Waals surface area (Å²) >= 11 is 9.36. The molecule has 0 saturated carbocycles. The van der Waals surface area contributed by atoms with E-state index >= 15 is 0 Å². The van der Waals surface area contributed by atoms with Crippen LogP contribution >= 0.6 is 27.5 Å². The fourth-order valence-electron chi connectivity index (χ4n) is 1.69. The van der Waals surface area contributed by atoms with Crippen LogP contribution in [0.3, 0.4) is 0 Å². The number of aryl methyl sites for hydroxylation is 1. The van der Waals surface area contributed by atoms with Crippen molar-refractivity contribution in [1.29, 1.82) is 0 Å². The minimum absolute atomic E-state index is 0.217. The van der Waals surface area contributed by atoms with Crippen molar-refractivity contribution in [1.82, 2.24) is 0 Å². The maximum Gasteiger partial charge on any atom is 0.261 e. The molecule has 2 rings (SSSR count). The van der Waals surface area contributed by atoms with Crippen molar-refractivity contribution in [2.24, 2.45) is 0 Å². The molecule has 0 bridgehead atoms. The number of nitrogens with one attached hydrogen (secondary N) is 1. The van der Waals surface area contributed by atoms with Crippen molar-refractivity contribution in [2.75, 3.05) is 4.72 Å². The highest BCUT2D eigenvalue weighted by Crippen LogP contribution is 2.32. The maximum atomic E-state index is 12.4. The van der Waals surface area contributed by atoms with Crippen LogP contribution in [0.2, 0.25) is 5.02 Å². The molecule has 0 heterocycles. The SMILES string of the molecule is Cc1ccc(S(=O)(=O)Nc2c(Br)ccc(Cl)c2C)cc1. The third-order valence-electron chi connectivity index (χ3n) is 2.92. The van der Waals surface area contributed by atoms with Gasteiger partial charge in [0.05, 0.1) is 10.6 Å². The molecule has 0 spiro atoms. The number of halogens is 2. The standard InChI is InChI=1S/C14H13BrClNO2S/c1-9-3-5-11(6-4-9)20(18,19)17-14-10(2)13(16)8-7-12(14)15/h3-8,17H,1-2H3. The summed E-state index contributed by atoms with van der Waals surface area (Å²) in [4.78, 5) is 0.217. The van der Waals surface area contributed by atoms with E-state index in [1.807, 2.05) is 6.92 Å². The second-order valence-electron chi connectivity index (χ2n) is 4.45. The lowest BCUT2D eigenvalue weighted by Gasteiger charge is -2.13. The van der Waals surface area contributed by atoms with Crippen LogP contribution < -0.4 is 4.72 Å². The van der Waals surface area contributed by atoms with Crippen LogP contribution in [0.15, 0.2) is 45.8 Å². The average molecular weight is 375 g/mol. The van der Waals surface area contributed by atoms with E-state index in [0.717, 1.165) is 5.56 Å². The summed E-state index contributed by atoms with van der Waals surface area (Å²) in [6.07, 6.45) is 0. The summed E-state index contributed by atoms with van der Waals surface area (Å²) < 4.78 is 27.9. The second-order valence-corrected chi connectivity index (χ2v) is 7.39. The molecule has 0 amide bonds. The first-order valence-electron chi connectivity index (χ1n) is 5.85. The van der Waals surface area contributed by atoms with Gasteiger partial charge in [0.1, 0.15) is 0 Å². The van der Waals surface area contributed by atoms with Crippen molar-refractivity contribution in [3.05, 3.63) is 57.0 Å². The third kappa shape index (κ3) is 3.16. The van der Waals surface area contributed by atoms with Gasteiger partial charge in [0, 0.05) is 9.50 Å². The van der Waals surface area contributed by atoms with E-state index in [-0.39, 0.29) is 4.90 Å². The van der Waals surface area contributed by atoms with Gasteiger partial charge in [-0.05, 0) is 59.6 Å². The maximum absolute atomic E-state index is 12.4. The van der Waals surface area contributed by atoms with E-state index < -0.39 is 10.0 Å². The molecule has 0 atom stereocenters. The van der Waals surface area contributed by atoms with E-state index in [0.29, 0.717) is 20.7 Å². The zero-order valence-electron chi connectivity index (χ0n) is 10.9. The summed E-state index contributed by atoms with van der Waals surface area (Å²) in [7, 11) is -3.63. The zero-order valence-corrected chi connectivity index (χ0v) is 14.1. The monoisotopic (exact) mass is 373 g/mol. The van der Waals surface area contributed by atoms with Gasteiger partial charge in [-0.1, -0.05) is 29.3 Å². The van der Waals surface area contributed by atoms with Crippen molar-refractivity contribution in [3.63, 3.8) is 0 Å². The Kier molecular flexibility index (Phi) is 4.42. The van der Waals surface area contributed by atoms with E-state index in [1.165, 1.54) is 0 Å². The highest BCUT2D eigenvalue weighted by molar-refractivity contribution is 9.10. The van der Waals surface area contributed by atoms with E-state index in [2.05, 4.69) is 20.7 Å². The fourth-order valence-corrected chi connectivity index (χ4v) is 3.65. The van der Waals surface area contributed by atoms with Crippen LogP contribution in [0.1, 0.15) is 11.1 Å². The van der Waals surface area contributed by atoms with Crippen molar-refractivity contribution in [3.8, 4) is 0 Å². The molecule has 0 aliphatic carbocycles. The first-order valence-corrected chi connectivity index (χ1v) is 8.51. The molecule has 106 valence electrons. The molecule has 2 aromatic rings. The van der Waals surface area contributed by atoms with Gasteiger partial charge < -0.3 is 0 Å². The lowest BCUT2D eigenvalue weighted by molar-refractivity contribution is 0.601. The van der Waals surface area contributed by atoms with Gasteiger partial charge in [-0.2, -0.15) is 0 Å². The Balaban J connectivity index is 2.43. The summed E-state index contributed by atoms with van der Waals surface area (Å²) in [5.74, 6) is 0. The van der Waals surface area contributed by atoms with Gasteiger partial charge in [-0.15, -0.1) is 0 Å². The quantitative estimate of drug-likeness (QED) is 0.858. The van der Waals surface area contributed by atoms with Crippen molar-refractivity contribution >= 4 is 43.2 Å². The molecule has 0 aliphatic heterocycles. The van der Waals surface area contributed by atoms with Gasteiger partial charge in [0.2, 0.25) is 0 Å². The van der Waals surface area contributed by atoms with Crippen LogP contribution in [-0.2, 0) is 10.0 Å². The van der Waals surface area contributed by atoms with Crippen molar-refractivity contribution in [2.45, 2.75) is 18.7 Å². The van der Waals surface area contributed by atoms with Crippen LogP contribution in [0.4, 0.5) is 5.69 Å². The molecule has 1 N–H and O–H groups in total. The molecule has 6 heteroatoms. The molecule has 0 aromatic heterocycles. The molecule has 0 unspecified atom stereocenters. The highest BCUT2D eigenvalue weighted by atomic mass is 79.9. The minimum atomic E-state index is -3.63. The van der Waals surface area contributed by atoms with Gasteiger partial charge >= 0.3 is 0 Å². The number of anilines is 1. The molecule has 3 nitrogen and oxygen atoms in total. The predicted molar refractivity (Wildman–Crippen MR) is 85.9 cm³/mol. The number of benzene rings is 2. The Hall–Kier alpha value is -1.04.